The summed E-state index contributed by atoms with van der Waals surface area (Å²) in [5.41, 5.74) is 1.79. The number of amides is 2. The molecule has 0 aliphatic heterocycles. The molecule has 1 aromatic heterocycles. The van der Waals surface area contributed by atoms with Gasteiger partial charge in [0, 0.05) is 37.5 Å². The predicted molar refractivity (Wildman–Crippen MR) is 103 cm³/mol. The highest BCUT2D eigenvalue weighted by atomic mass is 32.2. The first-order valence-corrected chi connectivity index (χ1v) is 10.1. The number of nitrogens with one attached hydrogen (secondary N) is 2. The van der Waals surface area contributed by atoms with Gasteiger partial charge in [-0.15, -0.1) is 0 Å². The van der Waals surface area contributed by atoms with Crippen LogP contribution in [0.5, 0.6) is 0 Å². The number of benzene rings is 1. The molecule has 0 atom stereocenters. The highest BCUT2D eigenvalue weighted by Gasteiger charge is 2.18. The molecule has 0 radical (unpaired) electrons. The highest BCUT2D eigenvalue weighted by molar-refractivity contribution is 7.88. The van der Waals surface area contributed by atoms with Crippen LogP contribution in [0.2, 0.25) is 0 Å². The fraction of sp³-hybridized carbons (Fsp3) is 0.278. The standard InChI is InChI=1S/C18H22N4O4S/c1-14(23)20-15-6-8-16(9-7-15)21-18(24)10-12-22(27(2,25)26)13-17-5-3-4-11-19-17/h3-9,11H,10,12-13H2,1-2H3,(H,20,23)(H,21,24). The van der Waals surface area contributed by atoms with Gasteiger partial charge in [0.1, 0.15) is 0 Å². The molecule has 2 aromatic rings. The van der Waals surface area contributed by atoms with Gasteiger partial charge in [0.2, 0.25) is 21.8 Å². The second-order valence-corrected chi connectivity index (χ2v) is 7.96. The van der Waals surface area contributed by atoms with E-state index in [1.807, 2.05) is 0 Å². The van der Waals surface area contributed by atoms with Crippen LogP contribution in [0.25, 0.3) is 0 Å². The van der Waals surface area contributed by atoms with Crippen molar-refractivity contribution in [3.05, 3.63) is 54.4 Å². The van der Waals surface area contributed by atoms with Crippen molar-refractivity contribution < 1.29 is 18.0 Å². The average molecular weight is 390 g/mol. The molecular weight excluding hydrogens is 368 g/mol. The number of rotatable bonds is 8. The van der Waals surface area contributed by atoms with E-state index in [2.05, 4.69) is 15.6 Å². The van der Waals surface area contributed by atoms with E-state index in [0.717, 1.165) is 6.26 Å². The second-order valence-electron chi connectivity index (χ2n) is 5.97. The molecule has 27 heavy (non-hydrogen) atoms. The maximum absolute atomic E-state index is 12.1. The van der Waals surface area contributed by atoms with Gasteiger partial charge in [0.25, 0.3) is 0 Å². The van der Waals surface area contributed by atoms with E-state index in [1.165, 1.54) is 11.2 Å². The zero-order chi connectivity index (χ0) is 19.9. The zero-order valence-electron chi connectivity index (χ0n) is 15.2. The molecule has 0 bridgehead atoms. The van der Waals surface area contributed by atoms with Crippen LogP contribution in [0.15, 0.2) is 48.7 Å². The Morgan fingerprint density at radius 1 is 1.04 bits per heavy atom. The van der Waals surface area contributed by atoms with Crippen LogP contribution in [0.3, 0.4) is 0 Å². The summed E-state index contributed by atoms with van der Waals surface area (Å²) < 4.78 is 25.1. The Labute approximate surface area is 158 Å². The molecule has 1 heterocycles. The van der Waals surface area contributed by atoms with Gasteiger partial charge in [-0.05, 0) is 36.4 Å². The average Bonchev–Trinajstić information content (AvgIpc) is 2.60. The zero-order valence-corrected chi connectivity index (χ0v) is 16.0. The van der Waals surface area contributed by atoms with Gasteiger partial charge >= 0.3 is 0 Å². The second kappa shape index (κ2) is 9.24. The third kappa shape index (κ3) is 7.16. The molecule has 2 amide bonds. The topological polar surface area (TPSA) is 108 Å². The lowest BCUT2D eigenvalue weighted by Crippen LogP contribution is -2.32. The highest BCUT2D eigenvalue weighted by Crippen LogP contribution is 2.14. The molecule has 0 aliphatic rings. The Kier molecular flexibility index (Phi) is 7.03. The maximum atomic E-state index is 12.1. The molecule has 0 fully saturated rings. The van der Waals surface area contributed by atoms with E-state index in [9.17, 15) is 18.0 Å². The molecule has 2 N–H and O–H groups in total. The fourth-order valence-corrected chi connectivity index (χ4v) is 3.11. The SMILES string of the molecule is CC(=O)Nc1ccc(NC(=O)CCN(Cc2ccccn2)S(C)(=O)=O)cc1. The molecule has 0 spiro atoms. The molecule has 1 aromatic carbocycles. The Morgan fingerprint density at radius 3 is 2.19 bits per heavy atom. The minimum atomic E-state index is -3.48. The maximum Gasteiger partial charge on any atom is 0.225 e. The number of hydrogen-bond donors (Lipinski definition) is 2. The van der Waals surface area contributed by atoms with E-state index in [-0.39, 0.29) is 31.3 Å². The van der Waals surface area contributed by atoms with Crippen molar-refractivity contribution in [2.45, 2.75) is 19.9 Å². The lowest BCUT2D eigenvalue weighted by molar-refractivity contribution is -0.116. The summed E-state index contributed by atoms with van der Waals surface area (Å²) in [5, 5.41) is 5.34. The number of pyridine rings is 1. The molecule has 0 saturated heterocycles. The van der Waals surface area contributed by atoms with Crippen LogP contribution >= 0.6 is 0 Å². The Balaban J connectivity index is 1.92. The van der Waals surface area contributed by atoms with E-state index >= 15 is 0 Å². The minimum Gasteiger partial charge on any atom is -0.326 e. The first kappa shape index (κ1) is 20.5. The Bertz CT molecular complexity index is 883. The first-order valence-electron chi connectivity index (χ1n) is 8.26. The monoisotopic (exact) mass is 390 g/mol. The molecule has 0 saturated carbocycles. The van der Waals surface area contributed by atoms with Gasteiger partial charge < -0.3 is 10.6 Å². The van der Waals surface area contributed by atoms with Crippen molar-refractivity contribution in [1.29, 1.82) is 0 Å². The predicted octanol–water partition coefficient (Wildman–Crippen LogP) is 1.83. The van der Waals surface area contributed by atoms with E-state index in [0.29, 0.717) is 17.1 Å². The largest absolute Gasteiger partial charge is 0.326 e. The van der Waals surface area contributed by atoms with Crippen LogP contribution in [-0.4, -0.2) is 42.3 Å². The van der Waals surface area contributed by atoms with E-state index in [1.54, 1.807) is 48.7 Å². The molecule has 2 rings (SSSR count). The first-order chi connectivity index (χ1) is 12.7. The number of sulfonamides is 1. The Morgan fingerprint density at radius 2 is 1.67 bits per heavy atom. The third-order valence-electron chi connectivity index (χ3n) is 3.61. The van der Waals surface area contributed by atoms with Gasteiger partial charge in [0.05, 0.1) is 18.5 Å². The summed E-state index contributed by atoms with van der Waals surface area (Å²) in [4.78, 5) is 27.3. The lowest BCUT2D eigenvalue weighted by atomic mass is 10.2. The summed E-state index contributed by atoms with van der Waals surface area (Å²) in [6.45, 7) is 1.57. The van der Waals surface area contributed by atoms with Crippen molar-refractivity contribution in [2.75, 3.05) is 23.4 Å². The van der Waals surface area contributed by atoms with Crippen molar-refractivity contribution in [3.8, 4) is 0 Å². The lowest BCUT2D eigenvalue weighted by Gasteiger charge is -2.19. The number of carbonyl (C=O) groups excluding carboxylic acids is 2. The molecular formula is C18H22N4O4S. The van der Waals surface area contributed by atoms with E-state index in [4.69, 9.17) is 0 Å². The fourth-order valence-electron chi connectivity index (χ4n) is 2.32. The van der Waals surface area contributed by atoms with Crippen molar-refractivity contribution >= 4 is 33.2 Å². The Hall–Kier alpha value is -2.78. The summed E-state index contributed by atoms with van der Waals surface area (Å²) >= 11 is 0. The van der Waals surface area contributed by atoms with Gasteiger partial charge in [-0.3, -0.25) is 14.6 Å². The van der Waals surface area contributed by atoms with Crippen molar-refractivity contribution in [3.63, 3.8) is 0 Å². The molecule has 0 unspecified atom stereocenters. The number of nitrogens with zero attached hydrogens (tertiary/aromatic N) is 2. The van der Waals surface area contributed by atoms with Crippen LogP contribution in [-0.2, 0) is 26.2 Å². The number of hydrogen-bond acceptors (Lipinski definition) is 5. The summed E-state index contributed by atoms with van der Waals surface area (Å²) in [6, 6.07) is 11.9. The van der Waals surface area contributed by atoms with Gasteiger partial charge in [-0.1, -0.05) is 6.07 Å². The summed E-state index contributed by atoms with van der Waals surface area (Å²) in [7, 11) is -3.48. The molecule has 8 nitrogen and oxygen atoms in total. The number of aromatic nitrogens is 1. The molecule has 9 heteroatoms. The molecule has 144 valence electrons. The minimum absolute atomic E-state index is 0.00729. The van der Waals surface area contributed by atoms with Crippen molar-refractivity contribution in [2.24, 2.45) is 0 Å². The van der Waals surface area contributed by atoms with Crippen molar-refractivity contribution in [1.82, 2.24) is 9.29 Å². The van der Waals surface area contributed by atoms with Crippen LogP contribution < -0.4 is 10.6 Å². The quantitative estimate of drug-likeness (QED) is 0.715. The summed E-state index contributed by atoms with van der Waals surface area (Å²) in [6.07, 6.45) is 2.70. The van der Waals surface area contributed by atoms with Crippen LogP contribution in [0.4, 0.5) is 11.4 Å². The van der Waals surface area contributed by atoms with Crippen LogP contribution in [0.1, 0.15) is 19.0 Å². The summed E-state index contributed by atoms with van der Waals surface area (Å²) in [5.74, 6) is -0.488. The number of carbonyl (C=O) groups is 2. The van der Waals surface area contributed by atoms with Gasteiger partial charge in [-0.2, -0.15) is 4.31 Å². The van der Waals surface area contributed by atoms with Gasteiger partial charge in [0.15, 0.2) is 0 Å². The number of anilines is 2. The normalized spacial score (nSPS) is 11.2. The smallest absolute Gasteiger partial charge is 0.225 e. The third-order valence-corrected chi connectivity index (χ3v) is 4.86. The molecule has 0 aliphatic carbocycles. The van der Waals surface area contributed by atoms with Crippen LogP contribution in [0, 0.1) is 0 Å². The van der Waals surface area contributed by atoms with E-state index < -0.39 is 10.0 Å². The van der Waals surface area contributed by atoms with Gasteiger partial charge in [-0.25, -0.2) is 8.42 Å².